The second-order valence-corrected chi connectivity index (χ2v) is 11.1. The molecule has 5 rings (SSSR count). The maximum absolute atomic E-state index is 12.2. The number of fused-ring (bicyclic) bond motifs is 2. The third kappa shape index (κ3) is 9.21. The van der Waals surface area contributed by atoms with Crippen molar-refractivity contribution in [2.24, 2.45) is 0 Å². The molecule has 11 nitrogen and oxygen atoms in total. The van der Waals surface area contributed by atoms with E-state index >= 15 is 0 Å². The number of ether oxygens (including phenoxy) is 2. The highest BCUT2D eigenvalue weighted by Gasteiger charge is 2.19. The van der Waals surface area contributed by atoms with Gasteiger partial charge in [-0.05, 0) is 55.5 Å². The van der Waals surface area contributed by atoms with Crippen molar-refractivity contribution in [3.05, 3.63) is 118 Å². The van der Waals surface area contributed by atoms with Gasteiger partial charge in [0.15, 0.2) is 0 Å². The number of carbonyl (C=O) groups excluding carboxylic acids is 2. The monoisotopic (exact) mass is 609 g/mol. The van der Waals surface area contributed by atoms with Gasteiger partial charge in [0.05, 0.1) is 42.7 Å². The fraction of sp³-hybridized carbons (Fsp3) is 0.353. The standard InChI is InChI=1S/C34H39N7O4/c1-25-8-4-9-26(35-25)21-40-18-16-39(20-29-12-6-14-31(37-29)33(42)44-2)17-19-41(23-28-11-5-10-27(22-40)36-28)24-30-13-7-15-32(38-30)34(43)45-3/h4-15H,16-24H2,1-3H3. The molecule has 0 N–H and O–H groups in total. The lowest BCUT2D eigenvalue weighted by atomic mass is 10.2. The summed E-state index contributed by atoms with van der Waals surface area (Å²) in [4.78, 5) is 50.2. The summed E-state index contributed by atoms with van der Waals surface area (Å²) in [5.74, 6) is -0.915. The average Bonchev–Trinajstić information content (AvgIpc) is 3.05. The minimum absolute atomic E-state index is 0.283. The lowest BCUT2D eigenvalue weighted by Gasteiger charge is -2.31. The van der Waals surface area contributed by atoms with Crippen molar-refractivity contribution in [3.8, 4) is 0 Å². The average molecular weight is 610 g/mol. The van der Waals surface area contributed by atoms with Gasteiger partial charge >= 0.3 is 11.9 Å². The van der Waals surface area contributed by atoms with Crippen molar-refractivity contribution in [3.63, 3.8) is 0 Å². The molecular weight excluding hydrogens is 570 g/mol. The van der Waals surface area contributed by atoms with Gasteiger partial charge < -0.3 is 9.47 Å². The number of aromatic nitrogens is 4. The quantitative estimate of drug-likeness (QED) is 0.273. The predicted octanol–water partition coefficient (Wildman–Crippen LogP) is 3.67. The molecule has 1 aliphatic rings. The van der Waals surface area contributed by atoms with Crippen LogP contribution in [0.3, 0.4) is 0 Å². The Balaban J connectivity index is 1.42. The highest BCUT2D eigenvalue weighted by atomic mass is 16.5. The fourth-order valence-electron chi connectivity index (χ4n) is 5.37. The Bertz CT molecular complexity index is 1610. The summed E-state index contributed by atoms with van der Waals surface area (Å²) in [5.41, 5.74) is 6.11. The first kappa shape index (κ1) is 31.8. The first-order valence-electron chi connectivity index (χ1n) is 15.0. The summed E-state index contributed by atoms with van der Waals surface area (Å²) in [6.07, 6.45) is 0. The molecule has 11 heteroatoms. The lowest BCUT2D eigenvalue weighted by Crippen LogP contribution is -2.40. The largest absolute Gasteiger partial charge is 0.464 e. The van der Waals surface area contributed by atoms with Crippen LogP contribution < -0.4 is 0 Å². The van der Waals surface area contributed by atoms with E-state index in [1.807, 2.05) is 49.4 Å². The second kappa shape index (κ2) is 15.4. The van der Waals surface area contributed by atoms with Crippen LogP contribution in [0.1, 0.15) is 55.1 Å². The summed E-state index contributed by atoms with van der Waals surface area (Å²) in [6, 6.07) is 23.1. The van der Waals surface area contributed by atoms with E-state index in [-0.39, 0.29) is 5.69 Å². The molecule has 0 aromatic carbocycles. The summed E-state index contributed by atoms with van der Waals surface area (Å²) in [7, 11) is 2.72. The Morgan fingerprint density at radius 3 is 1.49 bits per heavy atom. The molecule has 45 heavy (non-hydrogen) atoms. The molecule has 4 aromatic rings. The van der Waals surface area contributed by atoms with E-state index in [4.69, 9.17) is 19.4 Å². The van der Waals surface area contributed by atoms with Crippen molar-refractivity contribution < 1.29 is 19.1 Å². The highest BCUT2D eigenvalue weighted by molar-refractivity contribution is 5.87. The number of nitrogens with zero attached hydrogens (tertiary/aromatic N) is 7. The van der Waals surface area contributed by atoms with E-state index in [1.54, 1.807) is 12.1 Å². The number of esters is 2. The van der Waals surface area contributed by atoms with Gasteiger partial charge in [-0.1, -0.05) is 24.3 Å². The molecule has 4 aromatic heterocycles. The van der Waals surface area contributed by atoms with Crippen molar-refractivity contribution in [2.45, 2.75) is 39.6 Å². The van der Waals surface area contributed by atoms with E-state index in [0.29, 0.717) is 45.0 Å². The van der Waals surface area contributed by atoms with Crippen molar-refractivity contribution >= 4 is 11.9 Å². The molecule has 1 aliphatic heterocycles. The molecule has 234 valence electrons. The summed E-state index contributed by atoms with van der Waals surface area (Å²) in [5, 5.41) is 0. The Kier molecular flexibility index (Phi) is 10.9. The van der Waals surface area contributed by atoms with Gasteiger partial charge in [-0.3, -0.25) is 24.7 Å². The number of pyridine rings is 4. The maximum Gasteiger partial charge on any atom is 0.356 e. The second-order valence-electron chi connectivity index (χ2n) is 11.1. The highest BCUT2D eigenvalue weighted by Crippen LogP contribution is 2.15. The Morgan fingerprint density at radius 1 is 0.578 bits per heavy atom. The van der Waals surface area contributed by atoms with Crippen LogP contribution in [0.25, 0.3) is 0 Å². The van der Waals surface area contributed by atoms with Crippen LogP contribution in [0.15, 0.2) is 72.8 Å². The van der Waals surface area contributed by atoms with E-state index in [2.05, 4.69) is 42.9 Å². The van der Waals surface area contributed by atoms with Crippen LogP contribution in [-0.4, -0.2) is 87.0 Å². The third-order valence-corrected chi connectivity index (χ3v) is 7.61. The van der Waals surface area contributed by atoms with Crippen LogP contribution >= 0.6 is 0 Å². The summed E-state index contributed by atoms with van der Waals surface area (Å²) in [6.45, 7) is 8.09. The molecule has 0 spiro atoms. The third-order valence-electron chi connectivity index (χ3n) is 7.61. The molecule has 0 radical (unpaired) electrons. The smallest absolute Gasteiger partial charge is 0.356 e. The molecule has 5 heterocycles. The van der Waals surface area contributed by atoms with Crippen LogP contribution in [0, 0.1) is 6.92 Å². The fourth-order valence-corrected chi connectivity index (χ4v) is 5.37. The molecule has 0 saturated heterocycles. The topological polar surface area (TPSA) is 114 Å². The van der Waals surface area contributed by atoms with Gasteiger partial charge in [0.2, 0.25) is 0 Å². The first-order chi connectivity index (χ1) is 21.9. The zero-order valence-corrected chi connectivity index (χ0v) is 26.1. The Morgan fingerprint density at radius 2 is 1.00 bits per heavy atom. The summed E-state index contributed by atoms with van der Waals surface area (Å²) < 4.78 is 9.78. The van der Waals surface area contributed by atoms with Crippen LogP contribution in [0.5, 0.6) is 0 Å². The minimum atomic E-state index is -0.460. The van der Waals surface area contributed by atoms with Gasteiger partial charge in [-0.15, -0.1) is 0 Å². The first-order valence-corrected chi connectivity index (χ1v) is 15.0. The number of rotatable bonds is 8. The lowest BCUT2D eigenvalue weighted by molar-refractivity contribution is 0.0584. The van der Waals surface area contributed by atoms with E-state index < -0.39 is 11.9 Å². The van der Waals surface area contributed by atoms with Gasteiger partial charge in [0, 0.05) is 64.6 Å². The van der Waals surface area contributed by atoms with Crippen molar-refractivity contribution in [1.29, 1.82) is 0 Å². The molecule has 0 fully saturated rings. The number of hydrogen-bond donors (Lipinski definition) is 0. The van der Waals surface area contributed by atoms with Gasteiger partial charge in [0.25, 0.3) is 0 Å². The minimum Gasteiger partial charge on any atom is -0.464 e. The van der Waals surface area contributed by atoms with Crippen LogP contribution in [0.4, 0.5) is 0 Å². The number of carbonyl (C=O) groups is 2. The number of methoxy groups -OCH3 is 2. The van der Waals surface area contributed by atoms with Crippen molar-refractivity contribution in [1.82, 2.24) is 34.6 Å². The van der Waals surface area contributed by atoms with E-state index in [0.717, 1.165) is 53.8 Å². The molecule has 0 saturated carbocycles. The SMILES string of the molecule is COC(=O)c1cccc(CN2CCN(Cc3cccc(C)n3)Cc3cccc(n3)CN(Cc3cccc(C(=O)OC)n3)CC2)n1. The number of hydrogen-bond acceptors (Lipinski definition) is 11. The molecule has 0 unspecified atom stereocenters. The molecule has 0 amide bonds. The molecule has 0 atom stereocenters. The summed E-state index contributed by atoms with van der Waals surface area (Å²) >= 11 is 0. The molecular formula is C34H39N7O4. The van der Waals surface area contributed by atoms with Gasteiger partial charge in [-0.25, -0.2) is 19.6 Å². The van der Waals surface area contributed by atoms with Crippen LogP contribution in [0.2, 0.25) is 0 Å². The van der Waals surface area contributed by atoms with E-state index in [9.17, 15) is 9.59 Å². The van der Waals surface area contributed by atoms with E-state index in [1.165, 1.54) is 14.2 Å². The van der Waals surface area contributed by atoms with Gasteiger partial charge in [-0.2, -0.15) is 0 Å². The Labute approximate surface area is 263 Å². The molecule has 0 aliphatic carbocycles. The number of aryl methyl sites for hydroxylation is 1. The predicted molar refractivity (Wildman–Crippen MR) is 168 cm³/mol. The van der Waals surface area contributed by atoms with Gasteiger partial charge in [0.1, 0.15) is 11.4 Å². The zero-order chi connectivity index (χ0) is 31.6. The molecule has 2 bridgehead atoms. The van der Waals surface area contributed by atoms with Crippen LogP contribution in [-0.2, 0) is 42.2 Å². The normalized spacial score (nSPS) is 15.1. The van der Waals surface area contributed by atoms with Crippen molar-refractivity contribution in [2.75, 3.05) is 40.4 Å². The Hall–Kier alpha value is -4.58. The maximum atomic E-state index is 12.2. The zero-order valence-electron chi connectivity index (χ0n) is 26.1.